The number of allylic oxidation sites excluding steroid dienone is 1. The normalized spacial score (nSPS) is 21.6. The maximum absolute atomic E-state index is 12.8. The predicted octanol–water partition coefficient (Wildman–Crippen LogP) is 3.40. The van der Waals surface area contributed by atoms with Gasteiger partial charge in [-0.3, -0.25) is 14.5 Å². The third-order valence-corrected chi connectivity index (χ3v) is 6.58. The second-order valence-corrected chi connectivity index (χ2v) is 8.94. The summed E-state index contributed by atoms with van der Waals surface area (Å²) in [5.41, 5.74) is 0. The van der Waals surface area contributed by atoms with Gasteiger partial charge in [0.1, 0.15) is 0 Å². The van der Waals surface area contributed by atoms with Crippen molar-refractivity contribution >= 4 is 23.2 Å². The molecule has 3 rings (SSSR count). The first-order chi connectivity index (χ1) is 13.0. The number of rotatable bonds is 5. The van der Waals surface area contributed by atoms with Crippen molar-refractivity contribution in [3.8, 4) is 0 Å². The molecule has 1 atom stereocenters. The first kappa shape index (κ1) is 20.1. The lowest BCUT2D eigenvalue weighted by atomic mass is 10.1. The molecule has 148 valence electrons. The minimum atomic E-state index is 0.0911. The van der Waals surface area contributed by atoms with Crippen LogP contribution in [-0.4, -0.2) is 65.8 Å². The van der Waals surface area contributed by atoms with E-state index < -0.39 is 0 Å². The minimum Gasteiger partial charge on any atom is -0.339 e. The van der Waals surface area contributed by atoms with E-state index in [0.717, 1.165) is 18.0 Å². The average molecular weight is 390 g/mol. The molecule has 1 aromatic heterocycles. The molecule has 2 aliphatic rings. The molecule has 6 heteroatoms. The molecule has 3 heterocycles. The summed E-state index contributed by atoms with van der Waals surface area (Å²) in [5.74, 6) is 0.785. The molecular formula is C21H31N3O2S. The van der Waals surface area contributed by atoms with Crippen LogP contribution in [0.5, 0.6) is 0 Å². The highest BCUT2D eigenvalue weighted by Gasteiger charge is 2.28. The lowest BCUT2D eigenvalue weighted by Crippen LogP contribution is -2.49. The number of carbonyl (C=O) groups is 2. The fourth-order valence-electron chi connectivity index (χ4n) is 3.86. The van der Waals surface area contributed by atoms with Crippen LogP contribution < -0.4 is 0 Å². The van der Waals surface area contributed by atoms with Crippen molar-refractivity contribution in [1.29, 1.82) is 0 Å². The van der Waals surface area contributed by atoms with Crippen molar-refractivity contribution < 1.29 is 9.59 Å². The number of carbonyl (C=O) groups excluding carboxylic acids is 2. The van der Waals surface area contributed by atoms with Crippen LogP contribution in [0.1, 0.15) is 54.2 Å². The SMILES string of the molecule is CC(=O)N1CCN(C(=O)c2ccc(C3CCCN3C/C=C/C(C)C)s2)CC1. The summed E-state index contributed by atoms with van der Waals surface area (Å²) in [6, 6.07) is 4.56. The molecule has 0 aliphatic carbocycles. The summed E-state index contributed by atoms with van der Waals surface area (Å²) < 4.78 is 0. The van der Waals surface area contributed by atoms with Crippen molar-refractivity contribution in [2.75, 3.05) is 39.3 Å². The summed E-state index contributed by atoms with van der Waals surface area (Å²) in [6.07, 6.45) is 6.92. The smallest absolute Gasteiger partial charge is 0.264 e. The number of nitrogens with zero attached hydrogens (tertiary/aromatic N) is 3. The van der Waals surface area contributed by atoms with Crippen LogP contribution in [0.3, 0.4) is 0 Å². The van der Waals surface area contributed by atoms with Gasteiger partial charge in [0.2, 0.25) is 5.91 Å². The van der Waals surface area contributed by atoms with Crippen molar-refractivity contribution in [2.24, 2.45) is 5.92 Å². The number of piperazine rings is 1. The largest absolute Gasteiger partial charge is 0.339 e. The number of thiophene rings is 1. The molecule has 0 bridgehead atoms. The quantitative estimate of drug-likeness (QED) is 0.725. The van der Waals surface area contributed by atoms with Gasteiger partial charge in [0.05, 0.1) is 4.88 Å². The van der Waals surface area contributed by atoms with Gasteiger partial charge >= 0.3 is 0 Å². The molecule has 27 heavy (non-hydrogen) atoms. The van der Waals surface area contributed by atoms with Crippen LogP contribution in [0.2, 0.25) is 0 Å². The van der Waals surface area contributed by atoms with Crippen molar-refractivity contribution in [2.45, 2.75) is 39.7 Å². The third kappa shape index (κ3) is 4.99. The van der Waals surface area contributed by atoms with Gasteiger partial charge in [-0.2, -0.15) is 0 Å². The Kier molecular flexibility index (Phi) is 6.71. The molecule has 1 aromatic rings. The Hall–Kier alpha value is -1.66. The number of hydrogen-bond donors (Lipinski definition) is 0. The molecule has 2 amide bonds. The second kappa shape index (κ2) is 9.02. The van der Waals surface area contributed by atoms with E-state index in [2.05, 4.69) is 37.0 Å². The van der Waals surface area contributed by atoms with Crippen LogP contribution in [0.4, 0.5) is 0 Å². The highest BCUT2D eigenvalue weighted by Crippen LogP contribution is 2.36. The van der Waals surface area contributed by atoms with E-state index in [4.69, 9.17) is 0 Å². The topological polar surface area (TPSA) is 43.9 Å². The van der Waals surface area contributed by atoms with Crippen LogP contribution >= 0.6 is 11.3 Å². The van der Waals surface area contributed by atoms with Crippen molar-refractivity contribution in [1.82, 2.24) is 14.7 Å². The van der Waals surface area contributed by atoms with Crippen LogP contribution in [0.15, 0.2) is 24.3 Å². The molecule has 1 unspecified atom stereocenters. The van der Waals surface area contributed by atoms with Gasteiger partial charge in [0.15, 0.2) is 0 Å². The highest BCUT2D eigenvalue weighted by molar-refractivity contribution is 7.14. The van der Waals surface area contributed by atoms with E-state index in [9.17, 15) is 9.59 Å². The van der Waals surface area contributed by atoms with Crippen LogP contribution in [0, 0.1) is 5.92 Å². The van der Waals surface area contributed by atoms with Crippen molar-refractivity contribution in [3.63, 3.8) is 0 Å². The monoisotopic (exact) mass is 389 g/mol. The molecule has 0 radical (unpaired) electrons. The number of likely N-dealkylation sites (tertiary alicyclic amines) is 1. The summed E-state index contributed by atoms with van der Waals surface area (Å²) in [7, 11) is 0. The molecule has 2 saturated heterocycles. The fraction of sp³-hybridized carbons (Fsp3) is 0.619. The summed E-state index contributed by atoms with van der Waals surface area (Å²) in [4.78, 5) is 32.6. The number of hydrogen-bond acceptors (Lipinski definition) is 4. The molecule has 2 fully saturated rings. The molecule has 0 spiro atoms. The average Bonchev–Trinajstić information content (AvgIpc) is 3.30. The van der Waals surface area contributed by atoms with E-state index in [1.165, 1.54) is 17.7 Å². The fourth-order valence-corrected chi connectivity index (χ4v) is 5.01. The Morgan fingerprint density at radius 2 is 1.85 bits per heavy atom. The molecule has 0 N–H and O–H groups in total. The molecule has 5 nitrogen and oxygen atoms in total. The van der Waals surface area contributed by atoms with E-state index in [1.807, 2.05) is 15.9 Å². The summed E-state index contributed by atoms with van der Waals surface area (Å²) in [5, 5.41) is 0. The maximum Gasteiger partial charge on any atom is 0.264 e. The Morgan fingerprint density at radius 1 is 1.15 bits per heavy atom. The zero-order valence-electron chi connectivity index (χ0n) is 16.7. The Balaban J connectivity index is 1.60. The van der Waals surface area contributed by atoms with Crippen LogP contribution in [0.25, 0.3) is 0 Å². The molecular weight excluding hydrogens is 358 g/mol. The molecule has 0 aromatic carbocycles. The first-order valence-corrected chi connectivity index (χ1v) is 10.8. The van der Waals surface area contributed by atoms with Gasteiger partial charge in [-0.1, -0.05) is 26.0 Å². The highest BCUT2D eigenvalue weighted by atomic mass is 32.1. The van der Waals surface area contributed by atoms with Gasteiger partial charge in [-0.15, -0.1) is 11.3 Å². The zero-order chi connectivity index (χ0) is 19.4. The van der Waals surface area contributed by atoms with E-state index in [1.54, 1.807) is 18.3 Å². The van der Waals surface area contributed by atoms with Gasteiger partial charge in [0, 0.05) is 50.6 Å². The summed E-state index contributed by atoms with van der Waals surface area (Å²) >= 11 is 1.64. The predicted molar refractivity (Wildman–Crippen MR) is 110 cm³/mol. The lowest BCUT2D eigenvalue weighted by Gasteiger charge is -2.34. The molecule has 2 aliphatic heterocycles. The van der Waals surface area contributed by atoms with Gasteiger partial charge in [-0.05, 0) is 37.4 Å². The summed E-state index contributed by atoms with van der Waals surface area (Å²) in [6.45, 7) is 10.6. The minimum absolute atomic E-state index is 0.0911. The Morgan fingerprint density at radius 3 is 2.52 bits per heavy atom. The van der Waals surface area contributed by atoms with Crippen molar-refractivity contribution in [3.05, 3.63) is 34.0 Å². The van der Waals surface area contributed by atoms with Crippen LogP contribution in [-0.2, 0) is 4.79 Å². The van der Waals surface area contributed by atoms with E-state index >= 15 is 0 Å². The third-order valence-electron chi connectivity index (χ3n) is 5.40. The lowest BCUT2D eigenvalue weighted by molar-refractivity contribution is -0.130. The Labute approximate surface area is 166 Å². The van der Waals surface area contributed by atoms with Gasteiger partial charge in [0.25, 0.3) is 5.91 Å². The van der Waals surface area contributed by atoms with Gasteiger partial charge in [-0.25, -0.2) is 0 Å². The Bertz CT molecular complexity index is 689. The standard InChI is InChI=1S/C21H31N3O2S/c1-16(2)6-4-10-23-11-5-7-18(23)19-8-9-20(27-19)21(26)24-14-12-22(13-15-24)17(3)25/h4,6,8-9,16,18H,5,7,10-15H2,1-3H3/b6-4+. The molecule has 0 saturated carbocycles. The van der Waals surface area contributed by atoms with E-state index in [0.29, 0.717) is 38.1 Å². The second-order valence-electron chi connectivity index (χ2n) is 7.83. The number of amides is 2. The van der Waals surface area contributed by atoms with E-state index in [-0.39, 0.29) is 11.8 Å². The van der Waals surface area contributed by atoms with Gasteiger partial charge < -0.3 is 9.80 Å². The first-order valence-electron chi connectivity index (χ1n) is 10.0. The zero-order valence-corrected chi connectivity index (χ0v) is 17.5. The maximum atomic E-state index is 12.8.